The minimum atomic E-state index is -0.558. The van der Waals surface area contributed by atoms with E-state index < -0.39 is 17.4 Å². The van der Waals surface area contributed by atoms with Gasteiger partial charge in [-0.25, -0.2) is 0 Å². The van der Waals surface area contributed by atoms with E-state index in [0.29, 0.717) is 19.6 Å². The van der Waals surface area contributed by atoms with Crippen molar-refractivity contribution in [2.45, 2.75) is 19.4 Å². The average Bonchev–Trinajstić information content (AvgIpc) is 2.36. The molecule has 0 radical (unpaired) electrons. The van der Waals surface area contributed by atoms with E-state index in [1.165, 1.54) is 0 Å². The molecule has 1 saturated heterocycles. The predicted molar refractivity (Wildman–Crippen MR) is 63.5 cm³/mol. The van der Waals surface area contributed by atoms with Gasteiger partial charge in [0.15, 0.2) is 0 Å². The molecule has 0 aliphatic carbocycles. The molecule has 0 aromatic carbocycles. The van der Waals surface area contributed by atoms with E-state index in [0.717, 1.165) is 13.1 Å². The van der Waals surface area contributed by atoms with Crippen molar-refractivity contribution >= 4 is 11.8 Å². The number of ether oxygens (including phenoxy) is 1. The fourth-order valence-electron chi connectivity index (χ4n) is 1.45. The van der Waals surface area contributed by atoms with Crippen LogP contribution in [0.25, 0.3) is 0 Å². The fourth-order valence-corrected chi connectivity index (χ4v) is 1.45. The fraction of sp³-hybridized carbons (Fsp3) is 0.818. The van der Waals surface area contributed by atoms with Crippen molar-refractivity contribution in [3.05, 3.63) is 0 Å². The summed E-state index contributed by atoms with van der Waals surface area (Å²) in [6, 6.07) is 0. The first-order valence-corrected chi connectivity index (χ1v) is 5.79. The van der Waals surface area contributed by atoms with Crippen molar-refractivity contribution in [1.82, 2.24) is 15.5 Å². The van der Waals surface area contributed by atoms with Crippen LogP contribution in [0.15, 0.2) is 0 Å². The lowest BCUT2D eigenvalue weighted by Crippen LogP contribution is -2.52. The van der Waals surface area contributed by atoms with Gasteiger partial charge in [-0.3, -0.25) is 9.59 Å². The van der Waals surface area contributed by atoms with Crippen molar-refractivity contribution < 1.29 is 14.3 Å². The number of nitrogens with one attached hydrogen (secondary N) is 2. The number of carbonyl (C=O) groups excluding carboxylic acids is 2. The van der Waals surface area contributed by atoms with Gasteiger partial charge >= 0.3 is 11.8 Å². The lowest BCUT2D eigenvalue weighted by atomic mass is 10.1. The number of piperazine rings is 1. The number of rotatable bonds is 3. The number of amides is 2. The largest absolute Gasteiger partial charge is 0.377 e. The Morgan fingerprint density at radius 1 is 1.35 bits per heavy atom. The molecule has 2 amide bonds. The van der Waals surface area contributed by atoms with Gasteiger partial charge < -0.3 is 20.3 Å². The molecule has 1 aliphatic heterocycles. The number of hydrogen-bond acceptors (Lipinski definition) is 4. The van der Waals surface area contributed by atoms with Gasteiger partial charge in [-0.1, -0.05) is 0 Å². The Balaban J connectivity index is 2.39. The summed E-state index contributed by atoms with van der Waals surface area (Å²) in [5.41, 5.74) is -0.459. The molecular formula is C11H21N3O3. The summed E-state index contributed by atoms with van der Waals surface area (Å²) in [4.78, 5) is 24.9. The van der Waals surface area contributed by atoms with Crippen LogP contribution in [0.5, 0.6) is 0 Å². The van der Waals surface area contributed by atoms with Crippen molar-refractivity contribution in [2.75, 3.05) is 39.8 Å². The molecule has 6 nitrogen and oxygen atoms in total. The van der Waals surface area contributed by atoms with Crippen LogP contribution in [0.4, 0.5) is 0 Å². The minimum absolute atomic E-state index is 0.320. The van der Waals surface area contributed by atoms with E-state index in [4.69, 9.17) is 4.74 Å². The molecule has 1 heterocycles. The van der Waals surface area contributed by atoms with Gasteiger partial charge in [-0.2, -0.15) is 0 Å². The summed E-state index contributed by atoms with van der Waals surface area (Å²) in [6.07, 6.45) is 0. The Labute approximate surface area is 102 Å². The lowest BCUT2D eigenvalue weighted by Gasteiger charge is -2.28. The van der Waals surface area contributed by atoms with Gasteiger partial charge in [0.05, 0.1) is 5.60 Å². The van der Waals surface area contributed by atoms with E-state index in [2.05, 4.69) is 10.6 Å². The summed E-state index contributed by atoms with van der Waals surface area (Å²) in [5.74, 6) is -1.02. The number of hydrogen-bond donors (Lipinski definition) is 2. The highest BCUT2D eigenvalue weighted by atomic mass is 16.5. The first-order chi connectivity index (χ1) is 7.96. The van der Waals surface area contributed by atoms with Crippen LogP contribution in [-0.2, 0) is 14.3 Å². The lowest BCUT2D eigenvalue weighted by molar-refractivity contribution is -0.146. The van der Waals surface area contributed by atoms with Gasteiger partial charge in [0, 0.05) is 39.8 Å². The second-order valence-corrected chi connectivity index (χ2v) is 4.69. The van der Waals surface area contributed by atoms with Crippen molar-refractivity contribution in [3.8, 4) is 0 Å². The van der Waals surface area contributed by atoms with Crippen LogP contribution >= 0.6 is 0 Å². The Bertz CT molecular complexity index is 286. The maximum Gasteiger partial charge on any atom is 0.311 e. The van der Waals surface area contributed by atoms with Gasteiger partial charge in [-0.05, 0) is 13.8 Å². The third kappa shape index (κ3) is 4.32. The molecule has 1 aliphatic rings. The molecule has 17 heavy (non-hydrogen) atoms. The molecule has 0 atom stereocenters. The second kappa shape index (κ2) is 5.97. The standard InChI is InChI=1S/C11H21N3O3/c1-11(2,17-3)8-13-9(15)10(16)14-6-4-12-5-7-14/h12H,4-8H2,1-3H3,(H,13,15). The molecule has 6 heteroatoms. The summed E-state index contributed by atoms with van der Waals surface area (Å²) in [6.45, 7) is 6.66. The van der Waals surface area contributed by atoms with Crippen molar-refractivity contribution in [1.29, 1.82) is 0 Å². The molecule has 2 N–H and O–H groups in total. The first-order valence-electron chi connectivity index (χ1n) is 5.79. The topological polar surface area (TPSA) is 70.7 Å². The average molecular weight is 243 g/mol. The van der Waals surface area contributed by atoms with Crippen LogP contribution < -0.4 is 10.6 Å². The smallest absolute Gasteiger partial charge is 0.311 e. The second-order valence-electron chi connectivity index (χ2n) is 4.69. The molecule has 0 unspecified atom stereocenters. The summed E-state index contributed by atoms with van der Waals surface area (Å²) >= 11 is 0. The maximum atomic E-state index is 11.7. The van der Waals surface area contributed by atoms with Gasteiger partial charge in [-0.15, -0.1) is 0 Å². The zero-order chi connectivity index (χ0) is 12.9. The van der Waals surface area contributed by atoms with Crippen LogP contribution in [-0.4, -0.2) is 62.1 Å². The van der Waals surface area contributed by atoms with E-state index in [9.17, 15) is 9.59 Å². The van der Waals surface area contributed by atoms with Crippen LogP contribution in [0.3, 0.4) is 0 Å². The monoisotopic (exact) mass is 243 g/mol. The summed E-state index contributed by atoms with van der Waals surface area (Å²) in [5, 5.41) is 5.72. The molecule has 0 spiro atoms. The summed E-state index contributed by atoms with van der Waals surface area (Å²) in [7, 11) is 1.57. The van der Waals surface area contributed by atoms with Crippen LogP contribution in [0.1, 0.15) is 13.8 Å². The Morgan fingerprint density at radius 3 is 2.47 bits per heavy atom. The maximum absolute atomic E-state index is 11.7. The number of methoxy groups -OCH3 is 1. The van der Waals surface area contributed by atoms with Crippen molar-refractivity contribution in [3.63, 3.8) is 0 Å². The third-order valence-electron chi connectivity index (χ3n) is 2.83. The summed E-state index contributed by atoms with van der Waals surface area (Å²) < 4.78 is 5.16. The highest BCUT2D eigenvalue weighted by molar-refractivity contribution is 6.35. The number of carbonyl (C=O) groups is 2. The van der Waals surface area contributed by atoms with Gasteiger partial charge in [0.25, 0.3) is 0 Å². The predicted octanol–water partition coefficient (Wildman–Crippen LogP) is -1.04. The molecule has 1 rings (SSSR count). The molecule has 0 saturated carbocycles. The van der Waals surface area contributed by atoms with E-state index >= 15 is 0 Å². The minimum Gasteiger partial charge on any atom is -0.377 e. The van der Waals surface area contributed by atoms with Crippen molar-refractivity contribution in [2.24, 2.45) is 0 Å². The SMILES string of the molecule is COC(C)(C)CNC(=O)C(=O)N1CCNCC1. The highest BCUT2D eigenvalue weighted by Crippen LogP contribution is 2.04. The molecule has 0 aromatic rings. The normalized spacial score (nSPS) is 16.8. The van der Waals surface area contributed by atoms with Gasteiger partial charge in [0.2, 0.25) is 0 Å². The third-order valence-corrected chi connectivity index (χ3v) is 2.83. The molecule has 0 aromatic heterocycles. The highest BCUT2D eigenvalue weighted by Gasteiger charge is 2.25. The van der Waals surface area contributed by atoms with Crippen LogP contribution in [0.2, 0.25) is 0 Å². The zero-order valence-electron chi connectivity index (χ0n) is 10.7. The zero-order valence-corrected chi connectivity index (χ0v) is 10.7. The molecule has 1 fully saturated rings. The first kappa shape index (κ1) is 13.9. The van der Waals surface area contributed by atoms with Crippen LogP contribution in [0, 0.1) is 0 Å². The van der Waals surface area contributed by atoms with E-state index in [-0.39, 0.29) is 0 Å². The Kier molecular flexibility index (Phi) is 4.89. The Morgan fingerprint density at radius 2 is 1.94 bits per heavy atom. The molecule has 0 bridgehead atoms. The molecule has 98 valence electrons. The Hall–Kier alpha value is -1.14. The molecular weight excluding hydrogens is 222 g/mol. The van der Waals surface area contributed by atoms with E-state index in [1.807, 2.05) is 13.8 Å². The number of nitrogens with zero attached hydrogens (tertiary/aromatic N) is 1. The quantitative estimate of drug-likeness (QED) is 0.621. The van der Waals surface area contributed by atoms with E-state index in [1.54, 1.807) is 12.0 Å². The van der Waals surface area contributed by atoms with Gasteiger partial charge in [0.1, 0.15) is 0 Å².